The normalized spacial score (nSPS) is 12.0. The fraction of sp³-hybridized carbons (Fsp3) is 0.949. The standard InChI is InChI=1S/C59H114O6/c1-5-7-9-11-13-15-17-19-20-21-22-23-27-31-35-39-43-47-51-58(61)64-54-56(53-63-57(60)50-46-42-38-34-30-18-16-14-12-10-8-6-2)65-59(62)52-48-44-40-36-32-28-25-24-26-29-33-37-41-45-49-55(3)4/h55-56H,5-54H2,1-4H3/t56-/m0/s1. The molecule has 0 aliphatic rings. The minimum atomic E-state index is -0.762. The molecule has 0 spiro atoms. The van der Waals surface area contributed by atoms with Crippen LogP contribution in [0.25, 0.3) is 0 Å². The lowest BCUT2D eigenvalue weighted by atomic mass is 10.0. The Balaban J connectivity index is 4.27. The number of hydrogen-bond donors (Lipinski definition) is 0. The fourth-order valence-electron chi connectivity index (χ4n) is 9.10. The first-order chi connectivity index (χ1) is 31.9. The van der Waals surface area contributed by atoms with Gasteiger partial charge in [-0.1, -0.05) is 297 Å². The van der Waals surface area contributed by atoms with E-state index in [4.69, 9.17) is 14.2 Å². The van der Waals surface area contributed by atoms with E-state index in [0.29, 0.717) is 19.3 Å². The highest BCUT2D eigenvalue weighted by molar-refractivity contribution is 5.71. The Morgan fingerprint density at radius 2 is 0.508 bits per heavy atom. The topological polar surface area (TPSA) is 78.9 Å². The first kappa shape index (κ1) is 63.4. The summed E-state index contributed by atoms with van der Waals surface area (Å²) in [6.45, 7) is 9.07. The monoisotopic (exact) mass is 919 g/mol. The second kappa shape index (κ2) is 53.4. The molecule has 0 radical (unpaired) electrons. The van der Waals surface area contributed by atoms with Crippen molar-refractivity contribution in [1.82, 2.24) is 0 Å². The summed E-state index contributed by atoms with van der Waals surface area (Å²) >= 11 is 0. The van der Waals surface area contributed by atoms with E-state index in [9.17, 15) is 14.4 Å². The molecule has 0 saturated heterocycles. The number of unbranched alkanes of at least 4 members (excludes halogenated alkanes) is 41. The van der Waals surface area contributed by atoms with E-state index in [1.807, 2.05) is 0 Å². The molecule has 0 aromatic rings. The van der Waals surface area contributed by atoms with Crippen molar-refractivity contribution in [2.75, 3.05) is 13.2 Å². The molecule has 0 amide bonds. The van der Waals surface area contributed by atoms with Crippen LogP contribution in [0.4, 0.5) is 0 Å². The van der Waals surface area contributed by atoms with Gasteiger partial charge in [0.1, 0.15) is 13.2 Å². The summed E-state index contributed by atoms with van der Waals surface area (Å²) in [6.07, 6.45) is 58.1. The first-order valence-electron chi connectivity index (χ1n) is 29.4. The highest BCUT2D eigenvalue weighted by Gasteiger charge is 2.19. The summed E-state index contributed by atoms with van der Waals surface area (Å²) < 4.78 is 16.9. The van der Waals surface area contributed by atoms with Gasteiger partial charge in [0.05, 0.1) is 0 Å². The van der Waals surface area contributed by atoms with Gasteiger partial charge in [0.25, 0.3) is 0 Å². The molecule has 0 bridgehead atoms. The Morgan fingerprint density at radius 1 is 0.292 bits per heavy atom. The molecule has 6 heteroatoms. The molecule has 0 saturated carbocycles. The molecule has 386 valence electrons. The number of esters is 3. The van der Waals surface area contributed by atoms with E-state index in [2.05, 4.69) is 27.7 Å². The predicted octanol–water partition coefficient (Wildman–Crippen LogP) is 19.4. The minimum Gasteiger partial charge on any atom is -0.462 e. The summed E-state index contributed by atoms with van der Waals surface area (Å²) in [5, 5.41) is 0. The second-order valence-corrected chi connectivity index (χ2v) is 20.8. The molecule has 0 unspecified atom stereocenters. The molecule has 0 aromatic carbocycles. The molecule has 0 aromatic heterocycles. The average Bonchev–Trinajstić information content (AvgIpc) is 3.29. The molecule has 0 aliphatic carbocycles. The lowest BCUT2D eigenvalue weighted by molar-refractivity contribution is -0.167. The molecule has 6 nitrogen and oxygen atoms in total. The van der Waals surface area contributed by atoms with Gasteiger partial charge < -0.3 is 14.2 Å². The van der Waals surface area contributed by atoms with Crippen molar-refractivity contribution in [3.8, 4) is 0 Å². The van der Waals surface area contributed by atoms with Gasteiger partial charge in [-0.3, -0.25) is 14.4 Å². The van der Waals surface area contributed by atoms with Crippen molar-refractivity contribution in [2.24, 2.45) is 5.92 Å². The number of rotatable bonds is 54. The summed E-state index contributed by atoms with van der Waals surface area (Å²) in [7, 11) is 0. The van der Waals surface area contributed by atoms with Crippen LogP contribution in [-0.4, -0.2) is 37.2 Å². The Kier molecular flexibility index (Phi) is 52.1. The maximum absolute atomic E-state index is 12.9. The number of ether oxygens (including phenoxy) is 3. The van der Waals surface area contributed by atoms with Gasteiger partial charge in [-0.2, -0.15) is 0 Å². The van der Waals surface area contributed by atoms with E-state index in [1.165, 1.54) is 231 Å². The Hall–Kier alpha value is -1.59. The largest absolute Gasteiger partial charge is 0.462 e. The zero-order valence-electron chi connectivity index (χ0n) is 44.5. The van der Waals surface area contributed by atoms with Gasteiger partial charge in [-0.15, -0.1) is 0 Å². The van der Waals surface area contributed by atoms with Crippen LogP contribution in [0.1, 0.15) is 336 Å². The average molecular weight is 920 g/mol. The third-order valence-corrected chi connectivity index (χ3v) is 13.5. The van der Waals surface area contributed by atoms with Crippen LogP contribution < -0.4 is 0 Å². The van der Waals surface area contributed by atoms with Crippen molar-refractivity contribution >= 4 is 17.9 Å². The summed E-state index contributed by atoms with van der Waals surface area (Å²) in [4.78, 5) is 38.1. The molecular weight excluding hydrogens is 805 g/mol. The zero-order chi connectivity index (χ0) is 47.4. The fourth-order valence-corrected chi connectivity index (χ4v) is 9.10. The number of hydrogen-bond acceptors (Lipinski definition) is 6. The smallest absolute Gasteiger partial charge is 0.306 e. The van der Waals surface area contributed by atoms with Crippen LogP contribution in [0.5, 0.6) is 0 Å². The third-order valence-electron chi connectivity index (χ3n) is 13.5. The maximum Gasteiger partial charge on any atom is 0.306 e. The van der Waals surface area contributed by atoms with E-state index >= 15 is 0 Å². The van der Waals surface area contributed by atoms with Gasteiger partial charge in [0.15, 0.2) is 6.10 Å². The first-order valence-corrected chi connectivity index (χ1v) is 29.4. The van der Waals surface area contributed by atoms with Crippen LogP contribution in [0.15, 0.2) is 0 Å². The van der Waals surface area contributed by atoms with Crippen LogP contribution >= 0.6 is 0 Å². The molecule has 65 heavy (non-hydrogen) atoms. The number of carbonyl (C=O) groups is 3. The predicted molar refractivity (Wildman–Crippen MR) is 280 cm³/mol. The lowest BCUT2D eigenvalue weighted by Crippen LogP contribution is -2.30. The number of carbonyl (C=O) groups excluding carboxylic acids is 3. The summed E-state index contributed by atoms with van der Waals surface area (Å²) in [6, 6.07) is 0. The zero-order valence-corrected chi connectivity index (χ0v) is 44.5. The highest BCUT2D eigenvalue weighted by Crippen LogP contribution is 2.18. The highest BCUT2D eigenvalue weighted by atomic mass is 16.6. The van der Waals surface area contributed by atoms with Crippen molar-refractivity contribution in [2.45, 2.75) is 342 Å². The molecule has 0 aliphatic heterocycles. The second-order valence-electron chi connectivity index (χ2n) is 20.8. The van der Waals surface area contributed by atoms with Crippen LogP contribution in [-0.2, 0) is 28.6 Å². The quantitative estimate of drug-likeness (QED) is 0.0344. The summed E-state index contributed by atoms with van der Waals surface area (Å²) in [5.41, 5.74) is 0. The Labute approximate surface area is 406 Å². The molecule has 0 heterocycles. The van der Waals surface area contributed by atoms with Crippen LogP contribution in [0, 0.1) is 5.92 Å². The van der Waals surface area contributed by atoms with Gasteiger partial charge in [0, 0.05) is 19.3 Å². The Morgan fingerprint density at radius 3 is 0.754 bits per heavy atom. The SMILES string of the molecule is CCCCCCCCCCCCCCCCCCCCC(=O)OC[C@H](COC(=O)CCCCCCCCCCCCCC)OC(=O)CCCCCCCCCCCCCCCCC(C)C. The molecule has 1 atom stereocenters. The van der Waals surface area contributed by atoms with Crippen LogP contribution in [0.3, 0.4) is 0 Å². The van der Waals surface area contributed by atoms with Gasteiger partial charge in [-0.25, -0.2) is 0 Å². The van der Waals surface area contributed by atoms with E-state index in [0.717, 1.165) is 63.7 Å². The maximum atomic E-state index is 12.9. The van der Waals surface area contributed by atoms with E-state index < -0.39 is 6.10 Å². The van der Waals surface area contributed by atoms with Gasteiger partial charge in [0.2, 0.25) is 0 Å². The van der Waals surface area contributed by atoms with Crippen molar-refractivity contribution in [3.05, 3.63) is 0 Å². The third kappa shape index (κ3) is 53.2. The van der Waals surface area contributed by atoms with Gasteiger partial charge >= 0.3 is 17.9 Å². The van der Waals surface area contributed by atoms with Crippen molar-refractivity contribution in [3.63, 3.8) is 0 Å². The Bertz CT molecular complexity index is 980. The molecule has 0 rings (SSSR count). The molecule has 0 fully saturated rings. The molecular formula is C59H114O6. The van der Waals surface area contributed by atoms with Gasteiger partial charge in [-0.05, 0) is 25.2 Å². The van der Waals surface area contributed by atoms with Crippen molar-refractivity contribution in [1.29, 1.82) is 0 Å². The van der Waals surface area contributed by atoms with Crippen molar-refractivity contribution < 1.29 is 28.6 Å². The van der Waals surface area contributed by atoms with E-state index in [1.54, 1.807) is 0 Å². The summed E-state index contributed by atoms with van der Waals surface area (Å²) in [5.74, 6) is 0.00891. The lowest BCUT2D eigenvalue weighted by Gasteiger charge is -2.18. The molecule has 0 N–H and O–H groups in total. The minimum absolute atomic E-state index is 0.0617. The van der Waals surface area contributed by atoms with E-state index in [-0.39, 0.29) is 31.1 Å². The van der Waals surface area contributed by atoms with Crippen LogP contribution in [0.2, 0.25) is 0 Å².